The lowest BCUT2D eigenvalue weighted by Crippen LogP contribution is -2.27. The highest BCUT2D eigenvalue weighted by molar-refractivity contribution is 6.06. The maximum absolute atomic E-state index is 13.5. The van der Waals surface area contributed by atoms with Crippen molar-refractivity contribution in [3.8, 4) is 0 Å². The van der Waals surface area contributed by atoms with E-state index < -0.39 is 0 Å². The van der Waals surface area contributed by atoms with Crippen molar-refractivity contribution in [2.45, 2.75) is 32.4 Å². The molecule has 1 aliphatic carbocycles. The maximum Gasteiger partial charge on any atom is 0.254 e. The molecule has 0 radical (unpaired) electrons. The monoisotopic (exact) mass is 391 g/mol. The number of carbonyl (C=O) groups excluding carboxylic acids is 2. The van der Waals surface area contributed by atoms with Crippen LogP contribution in [0.3, 0.4) is 0 Å². The van der Waals surface area contributed by atoms with Crippen molar-refractivity contribution >= 4 is 22.7 Å². The van der Waals surface area contributed by atoms with Gasteiger partial charge in [-0.25, -0.2) is 4.39 Å². The molecule has 0 unspecified atom stereocenters. The summed E-state index contributed by atoms with van der Waals surface area (Å²) in [6, 6.07) is 13.6. The van der Waals surface area contributed by atoms with E-state index in [2.05, 4.69) is 10.3 Å². The second-order valence-corrected chi connectivity index (χ2v) is 7.58. The van der Waals surface area contributed by atoms with Gasteiger partial charge in [-0.05, 0) is 55.7 Å². The van der Waals surface area contributed by atoms with Gasteiger partial charge in [0.2, 0.25) is 0 Å². The number of rotatable bonds is 5. The molecule has 1 aromatic heterocycles. The number of aryl methyl sites for hydroxylation is 1. The van der Waals surface area contributed by atoms with Gasteiger partial charge in [-0.15, -0.1) is 0 Å². The molecule has 5 nitrogen and oxygen atoms in total. The Hall–Kier alpha value is -3.28. The largest absolute Gasteiger partial charge is 0.349 e. The molecule has 1 fully saturated rings. The molecule has 0 spiro atoms. The number of amides is 2. The van der Waals surface area contributed by atoms with E-state index in [-0.39, 0.29) is 17.6 Å². The predicted octanol–water partition coefficient (Wildman–Crippen LogP) is 3.85. The van der Waals surface area contributed by atoms with Crippen molar-refractivity contribution in [2.24, 2.45) is 0 Å². The summed E-state index contributed by atoms with van der Waals surface area (Å²) in [6.45, 7) is 2.18. The van der Waals surface area contributed by atoms with Crippen LogP contribution in [0.15, 0.2) is 48.5 Å². The zero-order valence-electron chi connectivity index (χ0n) is 16.4. The average Bonchev–Trinajstić information content (AvgIpc) is 3.50. The lowest BCUT2D eigenvalue weighted by atomic mass is 10.1. The molecule has 0 atom stereocenters. The molecule has 2 aromatic carbocycles. The molecule has 3 aromatic rings. The first-order valence-corrected chi connectivity index (χ1v) is 9.63. The summed E-state index contributed by atoms with van der Waals surface area (Å²) in [7, 11) is 1.72. The minimum atomic E-state index is -0.381. The number of benzene rings is 2. The minimum Gasteiger partial charge on any atom is -0.349 e. The van der Waals surface area contributed by atoms with E-state index in [9.17, 15) is 14.0 Å². The first-order chi connectivity index (χ1) is 13.9. The van der Waals surface area contributed by atoms with E-state index in [1.54, 1.807) is 43.1 Å². The molecular formula is C23H22FN3O2. The van der Waals surface area contributed by atoms with Crippen molar-refractivity contribution in [2.75, 3.05) is 7.05 Å². The second-order valence-electron chi connectivity index (χ2n) is 7.58. The number of fused-ring (bicyclic) bond motifs is 1. The van der Waals surface area contributed by atoms with Crippen molar-refractivity contribution in [3.05, 3.63) is 76.7 Å². The maximum atomic E-state index is 13.5. The molecule has 0 saturated heterocycles. The summed E-state index contributed by atoms with van der Waals surface area (Å²) in [5.74, 6) is -0.606. The third-order valence-corrected chi connectivity index (χ3v) is 5.03. The molecule has 6 heteroatoms. The fourth-order valence-corrected chi connectivity index (χ4v) is 3.32. The SMILES string of the molecule is Cc1cc(C(=O)N(C)Cc2ccc(C(=O)NC3CC3)cc2)c2ccc(F)cc2n1. The first-order valence-electron chi connectivity index (χ1n) is 9.63. The molecule has 4 rings (SSSR count). The lowest BCUT2D eigenvalue weighted by molar-refractivity contribution is 0.0786. The van der Waals surface area contributed by atoms with Gasteiger partial charge in [0.1, 0.15) is 5.82 Å². The predicted molar refractivity (Wildman–Crippen MR) is 109 cm³/mol. The van der Waals surface area contributed by atoms with Gasteiger partial charge >= 0.3 is 0 Å². The highest BCUT2D eigenvalue weighted by atomic mass is 19.1. The van der Waals surface area contributed by atoms with Gasteiger partial charge in [0.25, 0.3) is 11.8 Å². The minimum absolute atomic E-state index is 0.0607. The van der Waals surface area contributed by atoms with E-state index in [1.807, 2.05) is 12.1 Å². The highest BCUT2D eigenvalue weighted by Gasteiger charge is 2.23. The van der Waals surface area contributed by atoms with Gasteiger partial charge in [-0.1, -0.05) is 12.1 Å². The van der Waals surface area contributed by atoms with Crippen LogP contribution in [0.25, 0.3) is 10.9 Å². The van der Waals surface area contributed by atoms with Crippen LogP contribution >= 0.6 is 0 Å². The van der Waals surface area contributed by atoms with Gasteiger partial charge in [0.05, 0.1) is 11.1 Å². The van der Waals surface area contributed by atoms with Crippen LogP contribution < -0.4 is 5.32 Å². The summed E-state index contributed by atoms with van der Waals surface area (Å²) in [5, 5.41) is 3.59. The van der Waals surface area contributed by atoms with Crippen LogP contribution in [0.2, 0.25) is 0 Å². The van der Waals surface area contributed by atoms with Gasteiger partial charge in [0, 0.05) is 42.3 Å². The van der Waals surface area contributed by atoms with Crippen molar-refractivity contribution < 1.29 is 14.0 Å². The number of nitrogens with one attached hydrogen (secondary N) is 1. The highest BCUT2D eigenvalue weighted by Crippen LogP contribution is 2.22. The number of carbonyl (C=O) groups is 2. The quantitative estimate of drug-likeness (QED) is 0.719. The molecule has 0 aliphatic heterocycles. The van der Waals surface area contributed by atoms with E-state index in [0.29, 0.717) is 40.3 Å². The Morgan fingerprint density at radius 2 is 1.86 bits per heavy atom. The van der Waals surface area contributed by atoms with Crippen molar-refractivity contribution in [1.29, 1.82) is 0 Å². The molecule has 148 valence electrons. The van der Waals surface area contributed by atoms with E-state index >= 15 is 0 Å². The Balaban J connectivity index is 1.51. The van der Waals surface area contributed by atoms with Crippen LogP contribution in [0.4, 0.5) is 4.39 Å². The number of aromatic nitrogens is 1. The molecule has 1 aliphatic rings. The topological polar surface area (TPSA) is 62.3 Å². The van der Waals surface area contributed by atoms with E-state index in [0.717, 1.165) is 18.4 Å². The van der Waals surface area contributed by atoms with E-state index in [4.69, 9.17) is 0 Å². The fraction of sp³-hybridized carbons (Fsp3) is 0.261. The Morgan fingerprint density at radius 3 is 2.55 bits per heavy atom. The number of hydrogen-bond donors (Lipinski definition) is 1. The van der Waals surface area contributed by atoms with Crippen molar-refractivity contribution in [3.63, 3.8) is 0 Å². The van der Waals surface area contributed by atoms with Crippen LogP contribution in [0.1, 0.15) is 44.8 Å². The van der Waals surface area contributed by atoms with Crippen LogP contribution in [-0.4, -0.2) is 34.8 Å². The van der Waals surface area contributed by atoms with Crippen LogP contribution in [0.5, 0.6) is 0 Å². The Labute approximate surface area is 168 Å². The summed E-state index contributed by atoms with van der Waals surface area (Å²) in [4.78, 5) is 31.1. The fourth-order valence-electron chi connectivity index (χ4n) is 3.32. The number of halogens is 1. The third-order valence-electron chi connectivity index (χ3n) is 5.03. The number of nitrogens with zero attached hydrogens (tertiary/aromatic N) is 2. The van der Waals surface area contributed by atoms with Crippen molar-refractivity contribution in [1.82, 2.24) is 15.2 Å². The molecule has 1 N–H and O–H groups in total. The number of pyridine rings is 1. The number of hydrogen-bond acceptors (Lipinski definition) is 3. The van der Waals surface area contributed by atoms with Gasteiger partial charge in [-0.3, -0.25) is 14.6 Å². The Bertz CT molecular complexity index is 1090. The lowest BCUT2D eigenvalue weighted by Gasteiger charge is -2.19. The first kappa shape index (κ1) is 19.1. The average molecular weight is 391 g/mol. The molecule has 0 bridgehead atoms. The summed E-state index contributed by atoms with van der Waals surface area (Å²) < 4.78 is 13.5. The summed E-state index contributed by atoms with van der Waals surface area (Å²) in [5.41, 5.74) is 3.16. The zero-order chi connectivity index (χ0) is 20.5. The molecular weight excluding hydrogens is 369 g/mol. The molecule has 29 heavy (non-hydrogen) atoms. The van der Waals surface area contributed by atoms with Gasteiger partial charge < -0.3 is 10.2 Å². The summed E-state index contributed by atoms with van der Waals surface area (Å²) in [6.07, 6.45) is 2.10. The Kier molecular flexibility index (Phi) is 5.01. The standard InChI is InChI=1S/C23H22FN3O2/c1-14-11-20(19-10-7-17(24)12-21(19)25-14)23(29)27(2)13-15-3-5-16(6-4-15)22(28)26-18-8-9-18/h3-7,10-12,18H,8-9,13H2,1-2H3,(H,26,28). The zero-order valence-corrected chi connectivity index (χ0v) is 16.4. The van der Waals surface area contributed by atoms with Crippen LogP contribution in [-0.2, 0) is 6.54 Å². The smallest absolute Gasteiger partial charge is 0.254 e. The third kappa shape index (κ3) is 4.26. The molecule has 2 amide bonds. The molecule has 1 heterocycles. The van der Waals surface area contributed by atoms with Gasteiger partial charge in [-0.2, -0.15) is 0 Å². The molecule has 1 saturated carbocycles. The second kappa shape index (κ2) is 7.62. The summed E-state index contributed by atoms with van der Waals surface area (Å²) >= 11 is 0. The van der Waals surface area contributed by atoms with Crippen LogP contribution in [0, 0.1) is 12.7 Å². The Morgan fingerprint density at radius 1 is 1.14 bits per heavy atom. The van der Waals surface area contributed by atoms with E-state index in [1.165, 1.54) is 12.1 Å². The normalized spacial score (nSPS) is 13.3. The van der Waals surface area contributed by atoms with Gasteiger partial charge in [0.15, 0.2) is 0 Å².